The monoisotopic (exact) mass is 241 g/mol. The molecule has 17 heavy (non-hydrogen) atoms. The Kier molecular flexibility index (Phi) is 4.65. The lowest BCUT2D eigenvalue weighted by Gasteiger charge is -2.26. The minimum Gasteiger partial charge on any atom is -0.373 e. The molecule has 0 radical (unpaired) electrons. The first-order valence-corrected chi connectivity index (χ1v) is 5.93. The first-order chi connectivity index (χ1) is 7.88. The van der Waals surface area contributed by atoms with Crippen LogP contribution in [0.15, 0.2) is 4.52 Å². The van der Waals surface area contributed by atoms with E-state index < -0.39 is 0 Å². The third-order valence-electron chi connectivity index (χ3n) is 2.67. The summed E-state index contributed by atoms with van der Waals surface area (Å²) in [4.78, 5) is 4.38. The predicted molar refractivity (Wildman–Crippen MR) is 65.4 cm³/mol. The van der Waals surface area contributed by atoms with Crippen LogP contribution in [0.4, 0.5) is 0 Å². The van der Waals surface area contributed by atoms with Crippen molar-refractivity contribution in [2.45, 2.75) is 40.2 Å². The van der Waals surface area contributed by atoms with Crippen LogP contribution >= 0.6 is 0 Å². The van der Waals surface area contributed by atoms with E-state index in [0.717, 1.165) is 0 Å². The van der Waals surface area contributed by atoms with Gasteiger partial charge in [-0.3, -0.25) is 0 Å². The van der Waals surface area contributed by atoms with Crippen LogP contribution in [0.25, 0.3) is 0 Å². The molecule has 1 heterocycles. The molecule has 0 fully saturated rings. The fourth-order valence-corrected chi connectivity index (χ4v) is 1.69. The first kappa shape index (κ1) is 14.1. The van der Waals surface area contributed by atoms with E-state index in [9.17, 15) is 0 Å². The summed E-state index contributed by atoms with van der Waals surface area (Å²) in [5.74, 6) is 1.59. The molecule has 0 amide bonds. The maximum atomic E-state index is 5.57. The van der Waals surface area contributed by atoms with E-state index in [2.05, 4.69) is 37.8 Å². The lowest BCUT2D eigenvalue weighted by atomic mass is 9.88. The number of ether oxygens (including phenoxy) is 1. The highest BCUT2D eigenvalue weighted by molar-refractivity contribution is 4.96. The third kappa shape index (κ3) is 3.78. The zero-order chi connectivity index (χ0) is 13.1. The van der Waals surface area contributed by atoms with Crippen molar-refractivity contribution < 1.29 is 9.26 Å². The molecular weight excluding hydrogens is 218 g/mol. The predicted octanol–water partition coefficient (Wildman–Crippen LogP) is 1.94. The highest BCUT2D eigenvalue weighted by Gasteiger charge is 2.30. The maximum Gasteiger partial charge on any atom is 0.227 e. The quantitative estimate of drug-likeness (QED) is 0.852. The molecule has 0 spiro atoms. The molecule has 0 saturated carbocycles. The van der Waals surface area contributed by atoms with Crippen molar-refractivity contribution in [1.29, 1.82) is 0 Å². The Hall–Kier alpha value is -0.940. The molecule has 2 unspecified atom stereocenters. The summed E-state index contributed by atoms with van der Waals surface area (Å²) in [6.07, 6.45) is 0.553. The second kappa shape index (κ2) is 5.60. The number of hydrogen-bond acceptors (Lipinski definition) is 5. The molecule has 5 heteroatoms. The van der Waals surface area contributed by atoms with E-state index in [1.165, 1.54) is 0 Å². The van der Waals surface area contributed by atoms with Crippen molar-refractivity contribution in [3.05, 3.63) is 11.7 Å². The standard InChI is InChI=1S/C12H23N3O2/c1-8(7-13)6-9-14-11(15-17-9)10(16-5)12(2,3)4/h8,10H,6-7,13H2,1-5H3. The summed E-state index contributed by atoms with van der Waals surface area (Å²) >= 11 is 0. The Labute approximate surface area is 103 Å². The average Bonchev–Trinajstić information content (AvgIpc) is 2.65. The summed E-state index contributed by atoms with van der Waals surface area (Å²) < 4.78 is 10.7. The second-order valence-electron chi connectivity index (χ2n) is 5.57. The number of aromatic nitrogens is 2. The van der Waals surface area contributed by atoms with E-state index >= 15 is 0 Å². The van der Waals surface area contributed by atoms with E-state index in [1.807, 2.05) is 0 Å². The molecule has 0 aliphatic carbocycles. The highest BCUT2D eigenvalue weighted by Crippen LogP contribution is 2.33. The van der Waals surface area contributed by atoms with Crippen LogP contribution in [0, 0.1) is 11.3 Å². The average molecular weight is 241 g/mol. The van der Waals surface area contributed by atoms with Gasteiger partial charge >= 0.3 is 0 Å². The van der Waals surface area contributed by atoms with Crippen molar-refractivity contribution in [3.63, 3.8) is 0 Å². The molecule has 1 aromatic rings. The van der Waals surface area contributed by atoms with Crippen LogP contribution in [0.5, 0.6) is 0 Å². The number of hydrogen-bond donors (Lipinski definition) is 1. The van der Waals surface area contributed by atoms with Crippen LogP contribution in [0.1, 0.15) is 45.5 Å². The molecule has 5 nitrogen and oxygen atoms in total. The van der Waals surface area contributed by atoms with Gasteiger partial charge in [0.05, 0.1) is 0 Å². The number of nitrogens with two attached hydrogens (primary N) is 1. The van der Waals surface area contributed by atoms with E-state index in [0.29, 0.717) is 30.6 Å². The Morgan fingerprint density at radius 1 is 1.41 bits per heavy atom. The Morgan fingerprint density at radius 3 is 2.53 bits per heavy atom. The van der Waals surface area contributed by atoms with Crippen molar-refractivity contribution in [3.8, 4) is 0 Å². The molecule has 0 aliphatic heterocycles. The van der Waals surface area contributed by atoms with Crippen LogP contribution in [-0.4, -0.2) is 23.8 Å². The molecule has 2 atom stereocenters. The summed E-state index contributed by atoms with van der Waals surface area (Å²) in [6, 6.07) is 0. The van der Waals surface area contributed by atoms with Crippen LogP contribution < -0.4 is 5.73 Å². The Morgan fingerprint density at radius 2 is 2.06 bits per heavy atom. The second-order valence-corrected chi connectivity index (χ2v) is 5.57. The minimum atomic E-state index is -0.159. The topological polar surface area (TPSA) is 74.2 Å². The van der Waals surface area contributed by atoms with Gasteiger partial charge in [0.2, 0.25) is 11.7 Å². The molecule has 2 N–H and O–H groups in total. The molecule has 0 saturated heterocycles. The zero-order valence-corrected chi connectivity index (χ0v) is 11.4. The summed E-state index contributed by atoms with van der Waals surface area (Å²) in [5, 5.41) is 3.99. The Bertz CT molecular complexity index is 344. The van der Waals surface area contributed by atoms with Gasteiger partial charge in [0.15, 0.2) is 0 Å². The fourth-order valence-electron chi connectivity index (χ4n) is 1.69. The zero-order valence-electron chi connectivity index (χ0n) is 11.4. The van der Waals surface area contributed by atoms with Gasteiger partial charge in [0, 0.05) is 13.5 Å². The Balaban J connectivity index is 2.79. The number of methoxy groups -OCH3 is 1. The molecule has 1 rings (SSSR count). The van der Waals surface area contributed by atoms with Crippen LogP contribution in [0.2, 0.25) is 0 Å². The SMILES string of the molecule is COC(c1noc(CC(C)CN)n1)C(C)(C)C. The third-order valence-corrected chi connectivity index (χ3v) is 2.67. The van der Waals surface area contributed by atoms with Gasteiger partial charge in [-0.1, -0.05) is 32.9 Å². The smallest absolute Gasteiger partial charge is 0.227 e. The summed E-state index contributed by atoms with van der Waals surface area (Å²) in [7, 11) is 1.66. The van der Waals surface area contributed by atoms with Crippen LogP contribution in [0.3, 0.4) is 0 Å². The lowest BCUT2D eigenvalue weighted by molar-refractivity contribution is 0.00718. The largest absolute Gasteiger partial charge is 0.373 e. The molecule has 0 bridgehead atoms. The fraction of sp³-hybridized carbons (Fsp3) is 0.833. The van der Waals surface area contributed by atoms with Crippen LogP contribution in [-0.2, 0) is 11.2 Å². The van der Waals surface area contributed by atoms with Gasteiger partial charge < -0.3 is 15.0 Å². The number of rotatable bonds is 5. The lowest BCUT2D eigenvalue weighted by Crippen LogP contribution is -2.21. The van der Waals surface area contributed by atoms with Crippen molar-refractivity contribution >= 4 is 0 Å². The first-order valence-electron chi connectivity index (χ1n) is 5.93. The highest BCUT2D eigenvalue weighted by atomic mass is 16.5. The summed E-state index contributed by atoms with van der Waals surface area (Å²) in [5.41, 5.74) is 5.51. The van der Waals surface area contributed by atoms with E-state index in [1.54, 1.807) is 7.11 Å². The molecule has 0 aliphatic rings. The summed E-state index contributed by atoms with van der Waals surface area (Å²) in [6.45, 7) is 8.92. The van der Waals surface area contributed by atoms with Crippen molar-refractivity contribution in [2.24, 2.45) is 17.1 Å². The number of nitrogens with zero attached hydrogens (tertiary/aromatic N) is 2. The maximum absolute atomic E-state index is 5.57. The van der Waals surface area contributed by atoms with Gasteiger partial charge in [-0.15, -0.1) is 0 Å². The molecule has 98 valence electrons. The van der Waals surface area contributed by atoms with E-state index in [-0.39, 0.29) is 11.5 Å². The van der Waals surface area contributed by atoms with Gasteiger partial charge in [0.1, 0.15) is 6.10 Å². The van der Waals surface area contributed by atoms with Crippen molar-refractivity contribution in [1.82, 2.24) is 10.1 Å². The minimum absolute atomic E-state index is 0.0601. The van der Waals surface area contributed by atoms with E-state index in [4.69, 9.17) is 15.0 Å². The van der Waals surface area contributed by atoms with Gasteiger partial charge in [-0.2, -0.15) is 4.98 Å². The van der Waals surface area contributed by atoms with Crippen molar-refractivity contribution in [2.75, 3.05) is 13.7 Å². The normalized spacial score (nSPS) is 15.9. The van der Waals surface area contributed by atoms with Gasteiger partial charge in [-0.05, 0) is 17.9 Å². The van der Waals surface area contributed by atoms with Gasteiger partial charge in [-0.25, -0.2) is 0 Å². The molecule has 0 aromatic carbocycles. The molecule has 1 aromatic heterocycles. The molecular formula is C12H23N3O2. The van der Waals surface area contributed by atoms with Gasteiger partial charge in [0.25, 0.3) is 0 Å².